The highest BCUT2D eigenvalue weighted by Gasteiger charge is 2.23. The molecular weight excluding hydrogens is 290 g/mol. The standard InChI is InChI=1S/C15H27NO6/c1-12(17)20-9-6-16(7-10-21-13(2)18)8-11-22-14(19)15(3,4)5/h6-11H2,1-5H3. The monoisotopic (exact) mass is 317 g/mol. The molecule has 0 aromatic heterocycles. The van der Waals surface area contributed by atoms with Crippen molar-refractivity contribution in [3.8, 4) is 0 Å². The average molecular weight is 317 g/mol. The summed E-state index contributed by atoms with van der Waals surface area (Å²) in [5.41, 5.74) is -0.541. The maximum atomic E-state index is 11.7. The van der Waals surface area contributed by atoms with Gasteiger partial charge in [0.1, 0.15) is 19.8 Å². The van der Waals surface area contributed by atoms with Crippen molar-refractivity contribution >= 4 is 17.9 Å². The molecule has 128 valence electrons. The van der Waals surface area contributed by atoms with Crippen molar-refractivity contribution in [1.29, 1.82) is 0 Å². The van der Waals surface area contributed by atoms with E-state index >= 15 is 0 Å². The molecule has 0 bridgehead atoms. The molecule has 0 aromatic carbocycles. The molecule has 0 unspecified atom stereocenters. The molecule has 0 aliphatic carbocycles. The lowest BCUT2D eigenvalue weighted by atomic mass is 9.97. The zero-order valence-corrected chi connectivity index (χ0v) is 14.1. The first-order chi connectivity index (χ1) is 10.1. The Morgan fingerprint density at radius 2 is 1.14 bits per heavy atom. The van der Waals surface area contributed by atoms with Crippen molar-refractivity contribution in [1.82, 2.24) is 4.90 Å². The zero-order chi connectivity index (χ0) is 17.2. The van der Waals surface area contributed by atoms with Crippen LogP contribution in [-0.4, -0.2) is 62.3 Å². The van der Waals surface area contributed by atoms with E-state index in [1.165, 1.54) is 13.8 Å². The SMILES string of the molecule is CC(=O)OCCN(CCOC(C)=O)CCOC(=O)C(C)(C)C. The highest BCUT2D eigenvalue weighted by molar-refractivity contribution is 5.75. The fraction of sp³-hybridized carbons (Fsp3) is 0.800. The van der Waals surface area contributed by atoms with Gasteiger partial charge in [0.2, 0.25) is 0 Å². The Labute approximate surface area is 131 Å². The van der Waals surface area contributed by atoms with E-state index in [-0.39, 0.29) is 37.7 Å². The van der Waals surface area contributed by atoms with Crippen LogP contribution in [0.1, 0.15) is 34.6 Å². The van der Waals surface area contributed by atoms with Crippen molar-refractivity contribution in [2.24, 2.45) is 5.41 Å². The molecule has 0 saturated carbocycles. The predicted molar refractivity (Wildman–Crippen MR) is 80.1 cm³/mol. The summed E-state index contributed by atoms with van der Waals surface area (Å²) in [6, 6.07) is 0. The van der Waals surface area contributed by atoms with Crippen molar-refractivity contribution in [2.75, 3.05) is 39.5 Å². The summed E-state index contributed by atoms with van der Waals surface area (Å²) >= 11 is 0. The number of rotatable bonds is 9. The number of carbonyl (C=O) groups is 3. The second-order valence-corrected chi connectivity index (χ2v) is 5.91. The van der Waals surface area contributed by atoms with Gasteiger partial charge in [0.15, 0.2) is 0 Å². The minimum absolute atomic E-state index is 0.232. The molecule has 0 atom stereocenters. The fourth-order valence-electron chi connectivity index (χ4n) is 1.46. The molecule has 0 radical (unpaired) electrons. The smallest absolute Gasteiger partial charge is 0.311 e. The van der Waals surface area contributed by atoms with E-state index in [9.17, 15) is 14.4 Å². The second kappa shape index (κ2) is 10.2. The summed E-state index contributed by atoms with van der Waals surface area (Å²) < 4.78 is 15.0. The van der Waals surface area contributed by atoms with Crippen molar-refractivity contribution in [3.63, 3.8) is 0 Å². The minimum atomic E-state index is -0.541. The maximum Gasteiger partial charge on any atom is 0.311 e. The first-order valence-electron chi connectivity index (χ1n) is 7.29. The Bertz CT molecular complexity index is 355. The molecule has 0 aliphatic rings. The van der Waals surface area contributed by atoms with Gasteiger partial charge in [-0.2, -0.15) is 0 Å². The highest BCUT2D eigenvalue weighted by atomic mass is 16.5. The molecule has 0 aromatic rings. The van der Waals surface area contributed by atoms with E-state index in [0.29, 0.717) is 19.6 Å². The van der Waals surface area contributed by atoms with E-state index in [1.807, 2.05) is 4.90 Å². The van der Waals surface area contributed by atoms with Crippen LogP contribution in [0.2, 0.25) is 0 Å². The quantitative estimate of drug-likeness (QED) is 0.463. The lowest BCUT2D eigenvalue weighted by Gasteiger charge is -2.23. The summed E-state index contributed by atoms with van der Waals surface area (Å²) in [5.74, 6) is -0.967. The molecule has 0 saturated heterocycles. The van der Waals surface area contributed by atoms with Gasteiger partial charge in [0.25, 0.3) is 0 Å². The minimum Gasteiger partial charge on any atom is -0.465 e. The number of ether oxygens (including phenoxy) is 3. The van der Waals surface area contributed by atoms with Crippen LogP contribution in [0.4, 0.5) is 0 Å². The summed E-state index contributed by atoms with van der Waals surface area (Å²) in [4.78, 5) is 35.1. The largest absolute Gasteiger partial charge is 0.465 e. The predicted octanol–water partition coefficient (Wildman–Crippen LogP) is 1.00. The van der Waals surface area contributed by atoms with Crippen LogP contribution in [0.5, 0.6) is 0 Å². The topological polar surface area (TPSA) is 82.1 Å². The Hall–Kier alpha value is -1.63. The van der Waals surface area contributed by atoms with Crippen LogP contribution in [0.25, 0.3) is 0 Å². The van der Waals surface area contributed by atoms with Gasteiger partial charge in [0.05, 0.1) is 5.41 Å². The lowest BCUT2D eigenvalue weighted by molar-refractivity contribution is -0.153. The van der Waals surface area contributed by atoms with Gasteiger partial charge < -0.3 is 14.2 Å². The maximum absolute atomic E-state index is 11.7. The van der Waals surface area contributed by atoms with E-state index in [1.54, 1.807) is 20.8 Å². The second-order valence-electron chi connectivity index (χ2n) is 5.91. The van der Waals surface area contributed by atoms with Crippen molar-refractivity contribution in [3.05, 3.63) is 0 Å². The van der Waals surface area contributed by atoms with Crippen LogP contribution in [0.3, 0.4) is 0 Å². The summed E-state index contributed by atoms with van der Waals surface area (Å²) in [5, 5.41) is 0. The van der Waals surface area contributed by atoms with Gasteiger partial charge >= 0.3 is 17.9 Å². The van der Waals surface area contributed by atoms with Gasteiger partial charge in [-0.3, -0.25) is 19.3 Å². The molecule has 7 nitrogen and oxygen atoms in total. The van der Waals surface area contributed by atoms with Crippen LogP contribution in [-0.2, 0) is 28.6 Å². The molecule has 0 heterocycles. The van der Waals surface area contributed by atoms with Gasteiger partial charge in [-0.15, -0.1) is 0 Å². The molecule has 7 heteroatoms. The molecule has 0 fully saturated rings. The summed E-state index contributed by atoms with van der Waals surface area (Å²) in [6.45, 7) is 10.2. The van der Waals surface area contributed by atoms with E-state index in [0.717, 1.165) is 0 Å². The Morgan fingerprint density at radius 3 is 1.45 bits per heavy atom. The van der Waals surface area contributed by atoms with E-state index in [2.05, 4.69) is 0 Å². The normalized spacial score (nSPS) is 11.2. The first kappa shape index (κ1) is 20.4. The van der Waals surface area contributed by atoms with E-state index < -0.39 is 5.41 Å². The third-order valence-corrected chi connectivity index (χ3v) is 2.68. The Balaban J connectivity index is 4.17. The van der Waals surface area contributed by atoms with Gasteiger partial charge in [-0.25, -0.2) is 0 Å². The molecule has 22 heavy (non-hydrogen) atoms. The highest BCUT2D eigenvalue weighted by Crippen LogP contribution is 2.14. The van der Waals surface area contributed by atoms with Gasteiger partial charge in [-0.1, -0.05) is 0 Å². The number of carbonyl (C=O) groups excluding carboxylic acids is 3. The number of hydrogen-bond acceptors (Lipinski definition) is 7. The third-order valence-electron chi connectivity index (χ3n) is 2.68. The molecular formula is C15H27NO6. The summed E-state index contributed by atoms with van der Waals surface area (Å²) in [7, 11) is 0. The molecule has 0 spiro atoms. The number of hydrogen-bond donors (Lipinski definition) is 0. The van der Waals surface area contributed by atoms with Crippen molar-refractivity contribution in [2.45, 2.75) is 34.6 Å². The van der Waals surface area contributed by atoms with Crippen molar-refractivity contribution < 1.29 is 28.6 Å². The molecule has 0 N–H and O–H groups in total. The van der Waals surface area contributed by atoms with Crippen LogP contribution in [0.15, 0.2) is 0 Å². The Kier molecular flexibility index (Phi) is 9.40. The first-order valence-corrected chi connectivity index (χ1v) is 7.29. The summed E-state index contributed by atoms with van der Waals surface area (Å²) in [6.07, 6.45) is 0. The average Bonchev–Trinajstić information content (AvgIpc) is 2.35. The zero-order valence-electron chi connectivity index (χ0n) is 14.1. The Morgan fingerprint density at radius 1 is 0.773 bits per heavy atom. The van der Waals surface area contributed by atoms with E-state index in [4.69, 9.17) is 14.2 Å². The van der Waals surface area contributed by atoms with Crippen LogP contribution < -0.4 is 0 Å². The van der Waals surface area contributed by atoms with Crippen LogP contribution >= 0.6 is 0 Å². The third kappa shape index (κ3) is 11.1. The number of esters is 3. The molecule has 0 amide bonds. The number of nitrogens with zero attached hydrogens (tertiary/aromatic N) is 1. The van der Waals surface area contributed by atoms with Gasteiger partial charge in [-0.05, 0) is 20.8 Å². The lowest BCUT2D eigenvalue weighted by Crippen LogP contribution is -2.36. The fourth-order valence-corrected chi connectivity index (χ4v) is 1.46. The van der Waals surface area contributed by atoms with Gasteiger partial charge in [0, 0.05) is 33.5 Å². The molecule has 0 rings (SSSR count). The van der Waals surface area contributed by atoms with Crippen LogP contribution in [0, 0.1) is 5.41 Å². The molecule has 0 aliphatic heterocycles.